The monoisotopic (exact) mass is 226 g/mol. The summed E-state index contributed by atoms with van der Waals surface area (Å²) in [6, 6.07) is 0. The molecule has 0 atom stereocenters. The van der Waals surface area contributed by atoms with E-state index in [0.29, 0.717) is 11.4 Å². The topological polar surface area (TPSA) is 64.4 Å². The van der Waals surface area contributed by atoms with Crippen molar-refractivity contribution in [1.82, 2.24) is 9.78 Å². The number of aromatic nitrogens is 2. The molecule has 0 aliphatic heterocycles. The number of carbonyl (C=O) groups excluding carboxylic acids is 1. The summed E-state index contributed by atoms with van der Waals surface area (Å²) in [5, 5.41) is 13.6. The lowest BCUT2D eigenvalue weighted by Gasteiger charge is -2.19. The molecule has 1 aromatic heterocycles. The van der Waals surface area contributed by atoms with E-state index < -0.39 is 5.60 Å². The second kappa shape index (κ2) is 4.15. The molecule has 5 nitrogen and oxygen atoms in total. The molecule has 90 valence electrons. The molecule has 0 unspecified atom stereocenters. The first-order valence-electron chi connectivity index (χ1n) is 5.15. The fraction of sp³-hybridized carbons (Fsp3) is 0.636. The molecule has 1 rings (SSSR count). The Hall–Kier alpha value is -1.52. The summed E-state index contributed by atoms with van der Waals surface area (Å²) in [7, 11) is 0. The minimum absolute atomic E-state index is 0.0184. The van der Waals surface area contributed by atoms with Crippen LogP contribution in [-0.2, 0) is 16.1 Å². The fourth-order valence-electron chi connectivity index (χ4n) is 1.34. The van der Waals surface area contributed by atoms with E-state index >= 15 is 0 Å². The number of aryl methyl sites for hydroxylation is 1. The van der Waals surface area contributed by atoms with Crippen LogP contribution in [0.25, 0.3) is 0 Å². The molecule has 1 N–H and O–H groups in total. The Bertz CT molecular complexity index is 402. The van der Waals surface area contributed by atoms with Gasteiger partial charge in [0.2, 0.25) is 0 Å². The van der Waals surface area contributed by atoms with Gasteiger partial charge in [0.1, 0.15) is 17.8 Å². The summed E-state index contributed by atoms with van der Waals surface area (Å²) in [5.74, 6) is -0.235. The van der Waals surface area contributed by atoms with Gasteiger partial charge in [0, 0.05) is 0 Å². The highest BCUT2D eigenvalue weighted by Gasteiger charge is 2.18. The molecule has 0 spiro atoms. The van der Waals surface area contributed by atoms with Gasteiger partial charge in [-0.3, -0.25) is 9.48 Å². The van der Waals surface area contributed by atoms with Crippen molar-refractivity contribution in [1.29, 1.82) is 0 Å². The van der Waals surface area contributed by atoms with Crippen LogP contribution >= 0.6 is 0 Å². The zero-order valence-electron chi connectivity index (χ0n) is 10.4. The number of nitrogens with zero attached hydrogens (tertiary/aromatic N) is 2. The van der Waals surface area contributed by atoms with Gasteiger partial charge >= 0.3 is 5.97 Å². The third-order valence-corrected chi connectivity index (χ3v) is 2.04. The fourth-order valence-corrected chi connectivity index (χ4v) is 1.34. The first-order chi connectivity index (χ1) is 7.20. The Morgan fingerprint density at radius 1 is 1.44 bits per heavy atom. The van der Waals surface area contributed by atoms with Crippen molar-refractivity contribution in [2.45, 2.75) is 46.8 Å². The number of hydrogen-bond acceptors (Lipinski definition) is 4. The largest absolute Gasteiger partial charge is 0.504 e. The number of rotatable bonds is 2. The van der Waals surface area contributed by atoms with Gasteiger partial charge in [0.05, 0.1) is 5.69 Å². The van der Waals surface area contributed by atoms with Crippen LogP contribution in [0.4, 0.5) is 0 Å². The summed E-state index contributed by atoms with van der Waals surface area (Å²) in [5.41, 5.74) is 0.583. The zero-order chi connectivity index (χ0) is 12.5. The van der Waals surface area contributed by atoms with Crippen molar-refractivity contribution in [2.75, 3.05) is 0 Å². The van der Waals surface area contributed by atoms with Crippen LogP contribution in [0.5, 0.6) is 5.75 Å². The maximum atomic E-state index is 11.5. The number of aromatic hydroxyl groups is 1. The number of carbonyl (C=O) groups is 1. The average molecular weight is 226 g/mol. The Morgan fingerprint density at radius 2 is 2.00 bits per heavy atom. The standard InChI is InChI=1S/C11H18N2O3/c1-7-10(15)8(2)13(12-7)6-9(14)16-11(3,4)5/h15H,6H2,1-5H3. The van der Waals surface area contributed by atoms with Gasteiger partial charge in [-0.1, -0.05) is 0 Å². The predicted molar refractivity (Wildman–Crippen MR) is 59.2 cm³/mol. The Balaban J connectivity index is 2.74. The molecule has 0 aliphatic rings. The average Bonchev–Trinajstić information content (AvgIpc) is 2.30. The maximum Gasteiger partial charge on any atom is 0.328 e. The molecule has 0 amide bonds. The van der Waals surface area contributed by atoms with Crippen LogP contribution in [-0.4, -0.2) is 26.5 Å². The molecule has 0 aromatic carbocycles. The number of hydrogen-bond donors (Lipinski definition) is 1. The van der Waals surface area contributed by atoms with Crippen LogP contribution in [0.3, 0.4) is 0 Å². The lowest BCUT2D eigenvalue weighted by atomic mass is 10.2. The van der Waals surface area contributed by atoms with Gasteiger partial charge in [-0.15, -0.1) is 0 Å². The molecule has 0 saturated heterocycles. The van der Waals surface area contributed by atoms with E-state index in [1.807, 2.05) is 20.8 Å². The zero-order valence-corrected chi connectivity index (χ0v) is 10.4. The summed E-state index contributed by atoms with van der Waals surface area (Å²) in [6.07, 6.45) is 0. The minimum Gasteiger partial charge on any atom is -0.504 e. The van der Waals surface area contributed by atoms with Crippen molar-refractivity contribution in [3.05, 3.63) is 11.4 Å². The molecule has 16 heavy (non-hydrogen) atoms. The van der Waals surface area contributed by atoms with Gasteiger partial charge in [0.15, 0.2) is 5.75 Å². The van der Waals surface area contributed by atoms with Crippen LogP contribution in [0.15, 0.2) is 0 Å². The van der Waals surface area contributed by atoms with E-state index in [-0.39, 0.29) is 18.3 Å². The molecule has 0 saturated carbocycles. The molecule has 0 radical (unpaired) electrons. The van der Waals surface area contributed by atoms with Crippen LogP contribution < -0.4 is 0 Å². The quantitative estimate of drug-likeness (QED) is 0.777. The van der Waals surface area contributed by atoms with Gasteiger partial charge < -0.3 is 9.84 Å². The van der Waals surface area contributed by atoms with Gasteiger partial charge in [-0.05, 0) is 34.6 Å². The maximum absolute atomic E-state index is 11.5. The molecular formula is C11H18N2O3. The van der Waals surface area contributed by atoms with Crippen molar-refractivity contribution in [3.8, 4) is 5.75 Å². The van der Waals surface area contributed by atoms with E-state index in [2.05, 4.69) is 5.10 Å². The molecule has 1 aromatic rings. The van der Waals surface area contributed by atoms with Crippen LogP contribution in [0.1, 0.15) is 32.2 Å². The van der Waals surface area contributed by atoms with E-state index in [9.17, 15) is 9.90 Å². The van der Waals surface area contributed by atoms with Crippen molar-refractivity contribution in [2.24, 2.45) is 0 Å². The SMILES string of the molecule is Cc1nn(CC(=O)OC(C)(C)C)c(C)c1O. The van der Waals surface area contributed by atoms with Crippen LogP contribution in [0.2, 0.25) is 0 Å². The summed E-state index contributed by atoms with van der Waals surface area (Å²) >= 11 is 0. The predicted octanol–water partition coefficient (Wildman–Crippen LogP) is 1.55. The smallest absolute Gasteiger partial charge is 0.328 e. The summed E-state index contributed by atoms with van der Waals surface area (Å²) in [6.45, 7) is 8.84. The summed E-state index contributed by atoms with van der Waals surface area (Å²) in [4.78, 5) is 11.5. The third kappa shape index (κ3) is 2.98. The first kappa shape index (κ1) is 12.5. The van der Waals surface area contributed by atoms with E-state index in [4.69, 9.17) is 4.74 Å². The number of esters is 1. The molecule has 5 heteroatoms. The molecule has 1 heterocycles. The van der Waals surface area contributed by atoms with Crippen molar-refractivity contribution in [3.63, 3.8) is 0 Å². The third-order valence-electron chi connectivity index (χ3n) is 2.04. The Morgan fingerprint density at radius 3 is 2.38 bits per heavy atom. The second-order valence-corrected chi connectivity index (χ2v) is 4.76. The normalized spacial score (nSPS) is 11.6. The van der Waals surface area contributed by atoms with E-state index in [1.54, 1.807) is 13.8 Å². The highest BCUT2D eigenvalue weighted by molar-refractivity contribution is 5.69. The molecular weight excluding hydrogens is 208 g/mol. The summed E-state index contributed by atoms with van der Waals surface area (Å²) < 4.78 is 6.61. The highest BCUT2D eigenvalue weighted by Crippen LogP contribution is 2.20. The Kier molecular flexibility index (Phi) is 3.26. The lowest BCUT2D eigenvalue weighted by molar-refractivity contribution is -0.155. The molecule has 0 aliphatic carbocycles. The van der Waals surface area contributed by atoms with Gasteiger partial charge in [-0.2, -0.15) is 5.10 Å². The molecule has 0 bridgehead atoms. The Labute approximate surface area is 95.0 Å². The van der Waals surface area contributed by atoms with Gasteiger partial charge in [-0.25, -0.2) is 0 Å². The first-order valence-corrected chi connectivity index (χ1v) is 5.15. The highest BCUT2D eigenvalue weighted by atomic mass is 16.6. The minimum atomic E-state index is -0.505. The van der Waals surface area contributed by atoms with E-state index in [0.717, 1.165) is 0 Å². The number of ether oxygens (including phenoxy) is 1. The second-order valence-electron chi connectivity index (χ2n) is 4.76. The molecule has 0 fully saturated rings. The van der Waals surface area contributed by atoms with Gasteiger partial charge in [0.25, 0.3) is 0 Å². The van der Waals surface area contributed by atoms with Crippen molar-refractivity contribution < 1.29 is 14.6 Å². The lowest BCUT2D eigenvalue weighted by Crippen LogP contribution is -2.27. The van der Waals surface area contributed by atoms with Crippen molar-refractivity contribution >= 4 is 5.97 Å². The van der Waals surface area contributed by atoms with Crippen LogP contribution in [0, 0.1) is 13.8 Å². The van der Waals surface area contributed by atoms with E-state index in [1.165, 1.54) is 4.68 Å².